The number of carbonyl (C=O) groups excluding carboxylic acids is 1. The monoisotopic (exact) mass is 406 g/mol. The average molecular weight is 407 g/mol. The summed E-state index contributed by atoms with van der Waals surface area (Å²) in [5.74, 6) is 1.16. The quantitative estimate of drug-likeness (QED) is 0.622. The fourth-order valence-electron chi connectivity index (χ4n) is 2.65. The summed E-state index contributed by atoms with van der Waals surface area (Å²) in [4.78, 5) is 17.3. The largest absolute Gasteiger partial charge is 0.493 e. The Morgan fingerprint density at radius 1 is 1.22 bits per heavy atom. The molecule has 0 saturated carbocycles. The Bertz CT molecular complexity index is 1040. The molecule has 1 heterocycles. The van der Waals surface area contributed by atoms with Crippen LogP contribution in [0.1, 0.15) is 10.4 Å². The van der Waals surface area contributed by atoms with E-state index in [2.05, 4.69) is 4.99 Å². The van der Waals surface area contributed by atoms with Gasteiger partial charge in [0.1, 0.15) is 5.82 Å². The van der Waals surface area contributed by atoms with Crippen molar-refractivity contribution in [1.29, 1.82) is 0 Å². The fourth-order valence-corrected chi connectivity index (χ4v) is 4.08. The standard InChI is InChI=1S/C19H19FN2O3S2/c1-24-15-10-14-17(11-16(15)25-2)27-19(22(14)7-8-26-3)21-18(23)12-5-4-6-13(20)9-12/h4-6,9-11H,7-8H2,1-3H3. The summed E-state index contributed by atoms with van der Waals surface area (Å²) in [5.41, 5.74) is 1.14. The molecular weight excluding hydrogens is 387 g/mol. The van der Waals surface area contributed by atoms with Gasteiger partial charge in [-0.05, 0) is 24.5 Å². The normalized spacial score (nSPS) is 11.8. The summed E-state index contributed by atoms with van der Waals surface area (Å²) in [7, 11) is 3.17. The number of methoxy groups -OCH3 is 2. The van der Waals surface area contributed by atoms with Crippen molar-refractivity contribution in [2.75, 3.05) is 26.2 Å². The summed E-state index contributed by atoms with van der Waals surface area (Å²) in [6, 6.07) is 9.31. The van der Waals surface area contributed by atoms with Gasteiger partial charge in [-0.2, -0.15) is 16.8 Å². The second-order valence-electron chi connectivity index (χ2n) is 5.63. The molecule has 0 aliphatic heterocycles. The number of halogens is 1. The maximum Gasteiger partial charge on any atom is 0.279 e. The van der Waals surface area contributed by atoms with Crippen molar-refractivity contribution in [3.8, 4) is 11.5 Å². The number of benzene rings is 2. The Morgan fingerprint density at radius 3 is 2.63 bits per heavy atom. The number of rotatable bonds is 6. The van der Waals surface area contributed by atoms with Crippen LogP contribution in [0.3, 0.4) is 0 Å². The second kappa shape index (κ2) is 8.58. The maximum absolute atomic E-state index is 13.4. The summed E-state index contributed by atoms with van der Waals surface area (Å²) in [6.07, 6.45) is 2.02. The van der Waals surface area contributed by atoms with Crippen molar-refractivity contribution in [1.82, 2.24) is 4.57 Å². The Kier molecular flexibility index (Phi) is 6.18. The van der Waals surface area contributed by atoms with Gasteiger partial charge in [-0.3, -0.25) is 4.79 Å². The molecule has 27 heavy (non-hydrogen) atoms. The van der Waals surface area contributed by atoms with E-state index in [0.717, 1.165) is 16.0 Å². The molecule has 0 N–H and O–H groups in total. The topological polar surface area (TPSA) is 52.8 Å². The van der Waals surface area contributed by atoms with Crippen LogP contribution < -0.4 is 14.3 Å². The van der Waals surface area contributed by atoms with Gasteiger partial charge in [0.25, 0.3) is 5.91 Å². The Morgan fingerprint density at radius 2 is 1.96 bits per heavy atom. The first-order chi connectivity index (χ1) is 13.1. The van der Waals surface area contributed by atoms with Crippen LogP contribution in [0.4, 0.5) is 4.39 Å². The van der Waals surface area contributed by atoms with E-state index in [1.54, 1.807) is 32.0 Å². The predicted molar refractivity (Wildman–Crippen MR) is 108 cm³/mol. The van der Waals surface area contributed by atoms with Crippen LogP contribution in [0.2, 0.25) is 0 Å². The lowest BCUT2D eigenvalue weighted by atomic mass is 10.2. The number of aromatic nitrogens is 1. The van der Waals surface area contributed by atoms with Gasteiger partial charge in [0.05, 0.1) is 24.4 Å². The van der Waals surface area contributed by atoms with E-state index >= 15 is 0 Å². The van der Waals surface area contributed by atoms with Crippen LogP contribution in [-0.4, -0.2) is 36.7 Å². The lowest BCUT2D eigenvalue weighted by molar-refractivity contribution is 0.0997. The van der Waals surface area contributed by atoms with Gasteiger partial charge in [-0.15, -0.1) is 0 Å². The number of amides is 1. The lowest BCUT2D eigenvalue weighted by Gasteiger charge is -2.09. The van der Waals surface area contributed by atoms with Gasteiger partial charge >= 0.3 is 0 Å². The van der Waals surface area contributed by atoms with Crippen molar-refractivity contribution in [2.45, 2.75) is 6.54 Å². The number of hydrogen-bond acceptors (Lipinski definition) is 5. The lowest BCUT2D eigenvalue weighted by Crippen LogP contribution is -2.18. The SMILES string of the molecule is COc1cc2sc(=NC(=O)c3cccc(F)c3)n(CCSC)c2cc1OC. The summed E-state index contributed by atoms with van der Waals surface area (Å²) in [5, 5.41) is 0. The average Bonchev–Trinajstić information content (AvgIpc) is 3.00. The van der Waals surface area contributed by atoms with Crippen LogP contribution in [-0.2, 0) is 6.54 Å². The number of hydrogen-bond donors (Lipinski definition) is 0. The minimum atomic E-state index is -0.474. The van der Waals surface area contributed by atoms with E-state index in [4.69, 9.17) is 9.47 Å². The molecule has 0 fully saturated rings. The van der Waals surface area contributed by atoms with Crippen LogP contribution >= 0.6 is 23.1 Å². The number of fused-ring (bicyclic) bond motifs is 1. The molecule has 0 spiro atoms. The van der Waals surface area contributed by atoms with Crippen LogP contribution in [0.5, 0.6) is 11.5 Å². The number of thiazole rings is 1. The Hall–Kier alpha value is -2.32. The highest BCUT2D eigenvalue weighted by molar-refractivity contribution is 7.98. The molecule has 8 heteroatoms. The first kappa shape index (κ1) is 19.4. The highest BCUT2D eigenvalue weighted by Gasteiger charge is 2.14. The highest BCUT2D eigenvalue weighted by Crippen LogP contribution is 2.33. The smallest absolute Gasteiger partial charge is 0.279 e. The molecule has 2 aromatic carbocycles. The van der Waals surface area contributed by atoms with E-state index in [-0.39, 0.29) is 5.56 Å². The molecule has 3 aromatic rings. The molecule has 0 aliphatic rings. The zero-order chi connectivity index (χ0) is 19.4. The van der Waals surface area contributed by atoms with Crippen molar-refractivity contribution in [3.63, 3.8) is 0 Å². The van der Waals surface area contributed by atoms with E-state index in [9.17, 15) is 9.18 Å². The highest BCUT2D eigenvalue weighted by atomic mass is 32.2. The molecule has 0 saturated heterocycles. The van der Waals surface area contributed by atoms with Gasteiger partial charge in [0, 0.05) is 30.0 Å². The molecule has 1 aromatic heterocycles. The molecule has 1 amide bonds. The van der Waals surface area contributed by atoms with E-state index in [1.807, 2.05) is 23.0 Å². The zero-order valence-corrected chi connectivity index (χ0v) is 16.8. The number of nitrogens with zero attached hydrogens (tertiary/aromatic N) is 2. The molecule has 142 valence electrons. The molecule has 0 atom stereocenters. The third-order valence-corrected chi connectivity index (χ3v) is 5.61. The molecule has 0 radical (unpaired) electrons. The van der Waals surface area contributed by atoms with Crippen LogP contribution in [0.15, 0.2) is 41.4 Å². The third kappa shape index (κ3) is 4.17. The van der Waals surface area contributed by atoms with Gasteiger partial charge < -0.3 is 14.0 Å². The van der Waals surface area contributed by atoms with Crippen LogP contribution in [0, 0.1) is 5.82 Å². The Balaban J connectivity index is 2.16. The number of aryl methyl sites for hydroxylation is 1. The minimum absolute atomic E-state index is 0.221. The van der Waals surface area contributed by atoms with Crippen molar-refractivity contribution >= 4 is 39.2 Å². The first-order valence-electron chi connectivity index (χ1n) is 8.16. The number of carbonyl (C=O) groups is 1. The molecule has 3 rings (SSSR count). The third-order valence-electron chi connectivity index (χ3n) is 3.98. The van der Waals surface area contributed by atoms with E-state index in [0.29, 0.717) is 22.8 Å². The fraction of sp³-hybridized carbons (Fsp3) is 0.263. The van der Waals surface area contributed by atoms with Crippen molar-refractivity contribution < 1.29 is 18.7 Å². The van der Waals surface area contributed by atoms with Gasteiger partial charge in [-0.25, -0.2) is 4.39 Å². The maximum atomic E-state index is 13.4. The molecule has 5 nitrogen and oxygen atoms in total. The van der Waals surface area contributed by atoms with Crippen LogP contribution in [0.25, 0.3) is 10.2 Å². The summed E-state index contributed by atoms with van der Waals surface area (Å²) >= 11 is 3.09. The molecular formula is C19H19FN2O3S2. The molecule has 0 aliphatic carbocycles. The Labute approximate surface area is 164 Å². The predicted octanol–water partition coefficient (Wildman–Crippen LogP) is 3.96. The van der Waals surface area contributed by atoms with Gasteiger partial charge in [0.2, 0.25) is 0 Å². The van der Waals surface area contributed by atoms with E-state index < -0.39 is 11.7 Å². The van der Waals surface area contributed by atoms with Crippen molar-refractivity contribution in [2.24, 2.45) is 4.99 Å². The van der Waals surface area contributed by atoms with Gasteiger partial charge in [-0.1, -0.05) is 17.4 Å². The summed E-state index contributed by atoms with van der Waals surface area (Å²) < 4.78 is 27.1. The zero-order valence-electron chi connectivity index (χ0n) is 15.2. The summed E-state index contributed by atoms with van der Waals surface area (Å²) in [6.45, 7) is 0.686. The minimum Gasteiger partial charge on any atom is -0.493 e. The molecule has 0 bridgehead atoms. The van der Waals surface area contributed by atoms with E-state index in [1.165, 1.54) is 29.5 Å². The van der Waals surface area contributed by atoms with Crippen molar-refractivity contribution in [3.05, 3.63) is 52.6 Å². The molecule has 0 unspecified atom stereocenters. The number of thioether (sulfide) groups is 1. The number of ether oxygens (including phenoxy) is 2. The second-order valence-corrected chi connectivity index (χ2v) is 7.63. The van der Waals surface area contributed by atoms with Gasteiger partial charge in [0.15, 0.2) is 16.3 Å². The first-order valence-corrected chi connectivity index (χ1v) is 10.4.